The third-order valence-electron chi connectivity index (χ3n) is 5.13. The van der Waals surface area contributed by atoms with E-state index in [0.717, 1.165) is 49.0 Å². The minimum atomic E-state index is 0. The van der Waals surface area contributed by atoms with Crippen LogP contribution in [0.2, 0.25) is 0 Å². The van der Waals surface area contributed by atoms with E-state index in [0.29, 0.717) is 18.7 Å². The lowest BCUT2D eigenvalue weighted by Crippen LogP contribution is -2.42. The summed E-state index contributed by atoms with van der Waals surface area (Å²) < 4.78 is 0. The van der Waals surface area contributed by atoms with E-state index in [9.17, 15) is 9.59 Å². The highest BCUT2D eigenvalue weighted by Crippen LogP contribution is 2.35. The van der Waals surface area contributed by atoms with Crippen LogP contribution in [-0.2, 0) is 9.59 Å². The summed E-state index contributed by atoms with van der Waals surface area (Å²) in [4.78, 5) is 29.7. The lowest BCUT2D eigenvalue weighted by Gasteiger charge is -2.33. The van der Waals surface area contributed by atoms with Crippen LogP contribution < -0.4 is 10.2 Å². The van der Waals surface area contributed by atoms with Crippen molar-refractivity contribution in [1.29, 1.82) is 0 Å². The van der Waals surface area contributed by atoms with Crippen LogP contribution in [0.4, 0.5) is 5.69 Å². The van der Waals surface area contributed by atoms with Gasteiger partial charge in [0.1, 0.15) is 0 Å². The van der Waals surface area contributed by atoms with Gasteiger partial charge in [-0.2, -0.15) is 0 Å². The summed E-state index contributed by atoms with van der Waals surface area (Å²) in [5.41, 5.74) is 0.947. The summed E-state index contributed by atoms with van der Waals surface area (Å²) in [6.07, 6.45) is 3.78. The smallest absolute Gasteiger partial charge is 0.237 e. The standard InChI is InChI=1S/C19H27N3O2S.ClH/c1-20-10-6-15-7-11-21(12-8-15)18(23)9-13-22-16-4-2-3-5-17(16)25-14-19(22)24;/h2-5,15,20H,6-14H2,1H3;1H. The molecule has 2 amide bonds. The molecule has 1 aromatic rings. The number of carbonyl (C=O) groups is 2. The molecular weight excluding hydrogens is 370 g/mol. The largest absolute Gasteiger partial charge is 0.343 e. The van der Waals surface area contributed by atoms with Gasteiger partial charge in [-0.3, -0.25) is 9.59 Å². The van der Waals surface area contributed by atoms with Crippen molar-refractivity contribution in [3.8, 4) is 0 Å². The maximum absolute atomic E-state index is 12.6. The SMILES string of the molecule is CNCCC1CCN(C(=O)CCN2C(=O)CSc3ccccc32)CC1.Cl. The Kier molecular flexibility index (Phi) is 8.25. The second-order valence-corrected chi connectivity index (χ2v) is 7.79. The van der Waals surface area contributed by atoms with Crippen LogP contribution in [0.1, 0.15) is 25.7 Å². The number of halogens is 1. The van der Waals surface area contributed by atoms with Crippen LogP contribution in [0, 0.1) is 5.92 Å². The average molecular weight is 398 g/mol. The van der Waals surface area contributed by atoms with E-state index < -0.39 is 0 Å². The quantitative estimate of drug-likeness (QED) is 0.801. The van der Waals surface area contributed by atoms with Crippen molar-refractivity contribution in [2.45, 2.75) is 30.6 Å². The molecule has 144 valence electrons. The number of carbonyl (C=O) groups excluding carboxylic acids is 2. The number of rotatable bonds is 6. The maximum atomic E-state index is 12.6. The number of hydrogen-bond acceptors (Lipinski definition) is 4. The van der Waals surface area contributed by atoms with E-state index in [1.807, 2.05) is 36.2 Å². The fourth-order valence-corrected chi connectivity index (χ4v) is 4.52. The highest BCUT2D eigenvalue weighted by atomic mass is 35.5. The van der Waals surface area contributed by atoms with Gasteiger partial charge in [-0.1, -0.05) is 12.1 Å². The molecule has 2 heterocycles. The van der Waals surface area contributed by atoms with E-state index >= 15 is 0 Å². The lowest BCUT2D eigenvalue weighted by atomic mass is 9.93. The molecule has 1 N–H and O–H groups in total. The van der Waals surface area contributed by atoms with Gasteiger partial charge in [-0.05, 0) is 50.9 Å². The highest BCUT2D eigenvalue weighted by Gasteiger charge is 2.27. The van der Waals surface area contributed by atoms with Crippen molar-refractivity contribution in [3.05, 3.63) is 24.3 Å². The number of hydrogen-bond donors (Lipinski definition) is 1. The molecule has 2 aliphatic heterocycles. The van der Waals surface area contributed by atoms with Crippen molar-refractivity contribution < 1.29 is 9.59 Å². The minimum absolute atomic E-state index is 0. The van der Waals surface area contributed by atoms with Crippen molar-refractivity contribution in [2.24, 2.45) is 5.92 Å². The van der Waals surface area contributed by atoms with Crippen LogP contribution in [0.3, 0.4) is 0 Å². The van der Waals surface area contributed by atoms with Crippen LogP contribution in [0.15, 0.2) is 29.2 Å². The molecule has 0 atom stereocenters. The molecule has 5 nitrogen and oxygen atoms in total. The predicted molar refractivity (Wildman–Crippen MR) is 109 cm³/mol. The Labute approximate surface area is 166 Å². The number of fused-ring (bicyclic) bond motifs is 1. The van der Waals surface area contributed by atoms with Gasteiger partial charge in [0.15, 0.2) is 0 Å². The number of nitrogens with zero attached hydrogens (tertiary/aromatic N) is 2. The molecule has 1 fully saturated rings. The topological polar surface area (TPSA) is 52.7 Å². The second kappa shape index (κ2) is 10.2. The second-order valence-electron chi connectivity index (χ2n) is 6.77. The first-order valence-electron chi connectivity index (χ1n) is 9.13. The van der Waals surface area contributed by atoms with Crippen LogP contribution in [0.5, 0.6) is 0 Å². The van der Waals surface area contributed by atoms with E-state index in [1.54, 1.807) is 16.7 Å². The molecule has 7 heteroatoms. The summed E-state index contributed by atoms with van der Waals surface area (Å²) in [5, 5.41) is 3.20. The molecule has 1 aromatic carbocycles. The number of thioether (sulfide) groups is 1. The molecule has 26 heavy (non-hydrogen) atoms. The number of benzene rings is 1. The van der Waals surface area contributed by atoms with Crippen molar-refractivity contribution >= 4 is 41.7 Å². The lowest BCUT2D eigenvalue weighted by molar-refractivity contribution is -0.132. The third-order valence-corrected chi connectivity index (χ3v) is 6.17. The predicted octanol–water partition coefficient (Wildman–Crippen LogP) is 2.79. The van der Waals surface area contributed by atoms with Crippen molar-refractivity contribution in [2.75, 3.05) is 43.9 Å². The van der Waals surface area contributed by atoms with Crippen LogP contribution in [-0.4, -0.2) is 55.7 Å². The number of nitrogens with one attached hydrogen (secondary N) is 1. The molecule has 0 aliphatic carbocycles. The Bertz CT molecular complexity index is 621. The summed E-state index contributed by atoms with van der Waals surface area (Å²) in [6, 6.07) is 7.94. The molecule has 0 saturated carbocycles. The molecule has 0 unspecified atom stereocenters. The zero-order valence-corrected chi connectivity index (χ0v) is 16.9. The molecule has 0 aromatic heterocycles. The fourth-order valence-electron chi connectivity index (χ4n) is 3.58. The zero-order valence-electron chi connectivity index (χ0n) is 15.3. The molecular formula is C19H28ClN3O2S. The Morgan fingerprint density at radius 1 is 1.27 bits per heavy atom. The monoisotopic (exact) mass is 397 g/mol. The zero-order chi connectivity index (χ0) is 17.6. The number of anilines is 1. The highest BCUT2D eigenvalue weighted by molar-refractivity contribution is 8.00. The first-order valence-corrected chi connectivity index (χ1v) is 10.1. The molecule has 2 aliphatic rings. The molecule has 0 spiro atoms. The first kappa shape index (κ1) is 21.1. The summed E-state index contributed by atoms with van der Waals surface area (Å²) in [5.74, 6) is 1.46. The van der Waals surface area contributed by atoms with Gasteiger partial charge in [-0.15, -0.1) is 24.2 Å². The molecule has 1 saturated heterocycles. The summed E-state index contributed by atoms with van der Waals surface area (Å²) in [6.45, 7) is 3.24. The molecule has 0 bridgehead atoms. The van der Waals surface area contributed by atoms with Crippen molar-refractivity contribution in [3.63, 3.8) is 0 Å². The fraction of sp³-hybridized carbons (Fsp3) is 0.579. The number of para-hydroxylation sites is 1. The number of amides is 2. The third kappa shape index (κ3) is 5.15. The van der Waals surface area contributed by atoms with E-state index in [-0.39, 0.29) is 24.2 Å². The Morgan fingerprint density at radius 3 is 2.73 bits per heavy atom. The Balaban J connectivity index is 0.00000243. The molecule has 0 radical (unpaired) electrons. The Morgan fingerprint density at radius 2 is 2.00 bits per heavy atom. The normalized spacial score (nSPS) is 17.7. The number of likely N-dealkylation sites (tertiary alicyclic amines) is 1. The Hall–Kier alpha value is -1.24. The van der Waals surface area contributed by atoms with E-state index in [4.69, 9.17) is 0 Å². The summed E-state index contributed by atoms with van der Waals surface area (Å²) in [7, 11) is 1.98. The average Bonchev–Trinajstić information content (AvgIpc) is 2.65. The van der Waals surface area contributed by atoms with Crippen LogP contribution in [0.25, 0.3) is 0 Å². The van der Waals surface area contributed by atoms with Gasteiger partial charge in [0, 0.05) is 31.0 Å². The van der Waals surface area contributed by atoms with Gasteiger partial charge < -0.3 is 15.1 Å². The summed E-state index contributed by atoms with van der Waals surface area (Å²) >= 11 is 1.58. The van der Waals surface area contributed by atoms with Gasteiger partial charge >= 0.3 is 0 Å². The van der Waals surface area contributed by atoms with E-state index in [2.05, 4.69) is 5.32 Å². The van der Waals surface area contributed by atoms with Crippen LogP contribution >= 0.6 is 24.2 Å². The number of piperidine rings is 1. The maximum Gasteiger partial charge on any atom is 0.237 e. The van der Waals surface area contributed by atoms with Gasteiger partial charge in [-0.25, -0.2) is 0 Å². The van der Waals surface area contributed by atoms with Gasteiger partial charge in [0.25, 0.3) is 0 Å². The van der Waals surface area contributed by atoms with Gasteiger partial charge in [0.2, 0.25) is 11.8 Å². The van der Waals surface area contributed by atoms with Crippen molar-refractivity contribution in [1.82, 2.24) is 10.2 Å². The first-order chi connectivity index (χ1) is 12.2. The molecule has 3 rings (SSSR count). The van der Waals surface area contributed by atoms with Gasteiger partial charge in [0.05, 0.1) is 11.4 Å². The van der Waals surface area contributed by atoms with E-state index in [1.165, 1.54) is 6.42 Å². The minimum Gasteiger partial charge on any atom is -0.343 e.